The number of hydrogen-bond acceptors (Lipinski definition) is 5. The second kappa shape index (κ2) is 8.19. The molecule has 0 saturated heterocycles. The van der Waals surface area contributed by atoms with E-state index in [9.17, 15) is 23.7 Å². The molecule has 2 aromatic rings. The number of ketones is 1. The van der Waals surface area contributed by atoms with Crippen LogP contribution in [0, 0.1) is 17.0 Å². The summed E-state index contributed by atoms with van der Waals surface area (Å²) in [6.07, 6.45) is 2.68. The summed E-state index contributed by atoms with van der Waals surface area (Å²) < 4.78 is 33.9. The molecular weight excluding hydrogens is 348 g/mol. The number of methoxy groups -OCH3 is 1. The van der Waals surface area contributed by atoms with Gasteiger partial charge >= 0.3 is 6.61 Å². The van der Waals surface area contributed by atoms with E-state index in [1.54, 1.807) is 6.92 Å². The maximum atomic E-state index is 12.3. The molecule has 0 heterocycles. The molecule has 0 aromatic heterocycles. The Morgan fingerprint density at radius 3 is 2.54 bits per heavy atom. The van der Waals surface area contributed by atoms with Gasteiger partial charge in [-0.1, -0.05) is 24.3 Å². The molecule has 0 atom stereocenters. The van der Waals surface area contributed by atoms with E-state index < -0.39 is 17.3 Å². The van der Waals surface area contributed by atoms with E-state index in [4.69, 9.17) is 4.74 Å². The summed E-state index contributed by atoms with van der Waals surface area (Å²) in [4.78, 5) is 22.6. The van der Waals surface area contributed by atoms with Crippen LogP contribution in [0.5, 0.6) is 11.5 Å². The van der Waals surface area contributed by atoms with Crippen LogP contribution in [-0.2, 0) is 0 Å². The highest BCUT2D eigenvalue weighted by Gasteiger charge is 2.14. The summed E-state index contributed by atoms with van der Waals surface area (Å²) in [5.41, 5.74) is 0.996. The molecule has 0 spiro atoms. The Morgan fingerprint density at radius 1 is 1.19 bits per heavy atom. The molecule has 0 fully saturated rings. The van der Waals surface area contributed by atoms with Gasteiger partial charge in [-0.15, -0.1) is 0 Å². The van der Waals surface area contributed by atoms with Crippen LogP contribution in [0.25, 0.3) is 6.08 Å². The zero-order valence-electron chi connectivity index (χ0n) is 13.9. The minimum absolute atomic E-state index is 0.0888. The van der Waals surface area contributed by atoms with Crippen molar-refractivity contribution in [3.05, 3.63) is 69.3 Å². The molecule has 0 aliphatic rings. The maximum absolute atomic E-state index is 12.3. The summed E-state index contributed by atoms with van der Waals surface area (Å²) in [5.74, 6) is -0.467. The summed E-state index contributed by atoms with van der Waals surface area (Å²) in [6, 6.07) is 8.41. The van der Waals surface area contributed by atoms with E-state index in [2.05, 4.69) is 4.74 Å². The van der Waals surface area contributed by atoms with E-state index in [0.29, 0.717) is 11.1 Å². The third-order valence-corrected chi connectivity index (χ3v) is 3.52. The molecule has 136 valence electrons. The molecule has 6 nitrogen and oxygen atoms in total. The SMILES string of the molecule is COc1cc(C=CC(=O)c2ccc(C)c([N+](=O)[O-])c2)ccc1OC(F)F. The average Bonchev–Trinajstić information content (AvgIpc) is 2.60. The lowest BCUT2D eigenvalue weighted by molar-refractivity contribution is -0.385. The van der Waals surface area contributed by atoms with Gasteiger partial charge in [0.1, 0.15) is 0 Å². The van der Waals surface area contributed by atoms with Crippen molar-refractivity contribution in [2.24, 2.45) is 0 Å². The molecule has 0 N–H and O–H groups in total. The number of rotatable bonds is 7. The molecule has 0 aliphatic heterocycles. The summed E-state index contributed by atoms with van der Waals surface area (Å²) in [6.45, 7) is -1.40. The zero-order valence-corrected chi connectivity index (χ0v) is 13.9. The van der Waals surface area contributed by atoms with E-state index in [0.717, 1.165) is 0 Å². The predicted octanol–water partition coefficient (Wildman–Crippen LogP) is 4.41. The number of alkyl halides is 2. The number of hydrogen-bond donors (Lipinski definition) is 0. The highest BCUT2D eigenvalue weighted by Crippen LogP contribution is 2.30. The lowest BCUT2D eigenvalue weighted by Gasteiger charge is -2.10. The molecule has 0 bridgehead atoms. The standard InChI is InChI=1S/C18H15F2NO5/c1-11-3-6-13(10-14(11)21(23)24)15(22)7-4-12-5-8-16(26-18(19)20)17(9-12)25-2/h3-10,18H,1-2H3. The number of carbonyl (C=O) groups is 1. The molecule has 2 rings (SSSR count). The Kier molecular flexibility index (Phi) is 6.00. The number of nitrogens with zero attached hydrogens (tertiary/aromatic N) is 1. The highest BCUT2D eigenvalue weighted by atomic mass is 19.3. The highest BCUT2D eigenvalue weighted by molar-refractivity contribution is 6.07. The van der Waals surface area contributed by atoms with Gasteiger partial charge in [-0.05, 0) is 30.7 Å². The Bertz CT molecular complexity index is 865. The van der Waals surface area contributed by atoms with Crippen LogP contribution in [0.2, 0.25) is 0 Å². The van der Waals surface area contributed by atoms with Gasteiger partial charge in [-0.2, -0.15) is 8.78 Å². The van der Waals surface area contributed by atoms with Gasteiger partial charge in [-0.25, -0.2) is 0 Å². The van der Waals surface area contributed by atoms with Gasteiger partial charge in [0.2, 0.25) is 0 Å². The Labute approximate surface area is 147 Å². The number of nitro groups is 1. The van der Waals surface area contributed by atoms with Gasteiger partial charge in [0.05, 0.1) is 12.0 Å². The fourth-order valence-corrected chi connectivity index (χ4v) is 2.21. The third kappa shape index (κ3) is 4.62. The number of carbonyl (C=O) groups excluding carboxylic acids is 1. The summed E-state index contributed by atoms with van der Waals surface area (Å²) in [7, 11) is 1.30. The van der Waals surface area contributed by atoms with Crippen LogP contribution < -0.4 is 9.47 Å². The second-order valence-electron chi connectivity index (χ2n) is 5.24. The lowest BCUT2D eigenvalue weighted by atomic mass is 10.1. The molecule has 26 heavy (non-hydrogen) atoms. The van der Waals surface area contributed by atoms with E-state index in [-0.39, 0.29) is 22.7 Å². The molecule has 0 saturated carbocycles. The molecule has 0 amide bonds. The first-order valence-electron chi connectivity index (χ1n) is 7.42. The maximum Gasteiger partial charge on any atom is 0.387 e. The summed E-state index contributed by atoms with van der Waals surface area (Å²) >= 11 is 0. The van der Waals surface area contributed by atoms with Crippen molar-refractivity contribution >= 4 is 17.5 Å². The van der Waals surface area contributed by atoms with Crippen LogP contribution in [-0.4, -0.2) is 24.4 Å². The first-order valence-corrected chi connectivity index (χ1v) is 7.42. The van der Waals surface area contributed by atoms with Crippen LogP contribution in [0.3, 0.4) is 0 Å². The topological polar surface area (TPSA) is 78.7 Å². The summed E-state index contributed by atoms with van der Waals surface area (Å²) in [5, 5.41) is 11.0. The Morgan fingerprint density at radius 2 is 1.92 bits per heavy atom. The van der Waals surface area contributed by atoms with Crippen molar-refractivity contribution in [1.29, 1.82) is 0 Å². The van der Waals surface area contributed by atoms with E-state index >= 15 is 0 Å². The number of nitro benzene ring substituents is 1. The van der Waals surface area contributed by atoms with Crippen molar-refractivity contribution in [2.45, 2.75) is 13.5 Å². The van der Waals surface area contributed by atoms with Gasteiger partial charge in [0.15, 0.2) is 17.3 Å². The van der Waals surface area contributed by atoms with Crippen molar-refractivity contribution in [3.8, 4) is 11.5 Å². The molecule has 2 aromatic carbocycles. The molecule has 0 aliphatic carbocycles. The third-order valence-electron chi connectivity index (χ3n) is 3.52. The second-order valence-corrected chi connectivity index (χ2v) is 5.24. The zero-order chi connectivity index (χ0) is 19.3. The van der Waals surface area contributed by atoms with Crippen molar-refractivity contribution in [1.82, 2.24) is 0 Å². The Hall–Kier alpha value is -3.29. The van der Waals surface area contributed by atoms with Crippen LogP contribution in [0.4, 0.5) is 14.5 Å². The fraction of sp³-hybridized carbons (Fsp3) is 0.167. The van der Waals surface area contributed by atoms with Crippen molar-refractivity contribution < 1.29 is 28.0 Å². The largest absolute Gasteiger partial charge is 0.493 e. The van der Waals surface area contributed by atoms with Gasteiger partial charge in [0.25, 0.3) is 5.69 Å². The van der Waals surface area contributed by atoms with Crippen LogP contribution in [0.15, 0.2) is 42.5 Å². The number of halogens is 2. The van der Waals surface area contributed by atoms with Gasteiger partial charge in [0, 0.05) is 17.2 Å². The van der Waals surface area contributed by atoms with Crippen molar-refractivity contribution in [3.63, 3.8) is 0 Å². The van der Waals surface area contributed by atoms with Crippen molar-refractivity contribution in [2.75, 3.05) is 7.11 Å². The molecule has 0 unspecified atom stereocenters. The minimum atomic E-state index is -2.98. The van der Waals surface area contributed by atoms with Crippen LogP contribution >= 0.6 is 0 Å². The quantitative estimate of drug-likeness (QED) is 0.315. The number of benzene rings is 2. The Balaban J connectivity index is 2.22. The monoisotopic (exact) mass is 363 g/mol. The first kappa shape index (κ1) is 19.0. The van der Waals surface area contributed by atoms with Crippen LogP contribution in [0.1, 0.15) is 21.5 Å². The predicted molar refractivity (Wildman–Crippen MR) is 90.8 cm³/mol. The number of allylic oxidation sites excluding steroid dienone is 1. The molecular formula is C18H15F2NO5. The van der Waals surface area contributed by atoms with Gasteiger partial charge < -0.3 is 9.47 Å². The van der Waals surface area contributed by atoms with E-state index in [1.165, 1.54) is 55.7 Å². The normalized spacial score (nSPS) is 11.0. The molecule has 0 radical (unpaired) electrons. The smallest absolute Gasteiger partial charge is 0.387 e. The lowest BCUT2D eigenvalue weighted by Crippen LogP contribution is -2.03. The first-order chi connectivity index (χ1) is 12.3. The van der Waals surface area contributed by atoms with E-state index in [1.807, 2.05) is 0 Å². The number of ether oxygens (including phenoxy) is 2. The average molecular weight is 363 g/mol. The van der Waals surface area contributed by atoms with Gasteiger partial charge in [-0.3, -0.25) is 14.9 Å². The fourth-order valence-electron chi connectivity index (χ4n) is 2.21. The molecule has 8 heteroatoms. The minimum Gasteiger partial charge on any atom is -0.493 e. The number of aryl methyl sites for hydroxylation is 1.